The van der Waals surface area contributed by atoms with E-state index in [-0.39, 0.29) is 6.61 Å². The van der Waals surface area contributed by atoms with E-state index in [0.29, 0.717) is 21.7 Å². The van der Waals surface area contributed by atoms with E-state index in [0.717, 1.165) is 17.7 Å². The molecule has 21 heavy (non-hydrogen) atoms. The summed E-state index contributed by atoms with van der Waals surface area (Å²) >= 11 is 9.37. The molecular formula is C14H10BrClFNO3. The highest BCUT2D eigenvalue weighted by molar-refractivity contribution is 9.08. The molecule has 0 unspecified atom stereocenters. The SMILES string of the molecule is O=[N+]([O-])c1ccc(COc2cccc(Cl)c2CBr)cc1F. The van der Waals surface area contributed by atoms with Crippen LogP contribution in [-0.2, 0) is 11.9 Å². The van der Waals surface area contributed by atoms with Gasteiger partial charge in [0.2, 0.25) is 5.82 Å². The molecule has 0 saturated carbocycles. The Kier molecular flexibility index (Phi) is 5.14. The molecule has 0 aliphatic rings. The maximum Gasteiger partial charge on any atom is 0.304 e. The minimum atomic E-state index is -0.882. The zero-order valence-electron chi connectivity index (χ0n) is 10.7. The molecular weight excluding hydrogens is 365 g/mol. The summed E-state index contributed by atoms with van der Waals surface area (Å²) in [6.07, 6.45) is 0. The lowest BCUT2D eigenvalue weighted by molar-refractivity contribution is -0.387. The first-order chi connectivity index (χ1) is 10.0. The number of nitro groups is 1. The Hall–Kier alpha value is -1.66. The van der Waals surface area contributed by atoms with E-state index in [1.54, 1.807) is 18.2 Å². The molecule has 0 bridgehead atoms. The topological polar surface area (TPSA) is 52.4 Å². The molecule has 0 spiro atoms. The molecule has 4 nitrogen and oxygen atoms in total. The second kappa shape index (κ2) is 6.87. The van der Waals surface area contributed by atoms with E-state index in [2.05, 4.69) is 15.9 Å². The first-order valence-corrected chi connectivity index (χ1v) is 7.42. The Morgan fingerprint density at radius 1 is 1.33 bits per heavy atom. The highest BCUT2D eigenvalue weighted by Crippen LogP contribution is 2.29. The van der Waals surface area contributed by atoms with Crippen LogP contribution in [0, 0.1) is 15.9 Å². The molecule has 0 aliphatic heterocycles. The quantitative estimate of drug-likeness (QED) is 0.426. The van der Waals surface area contributed by atoms with Crippen molar-refractivity contribution in [2.24, 2.45) is 0 Å². The number of benzene rings is 2. The molecule has 0 N–H and O–H groups in total. The molecule has 2 aromatic rings. The number of ether oxygens (including phenoxy) is 1. The minimum absolute atomic E-state index is 0.0925. The fraction of sp³-hybridized carbons (Fsp3) is 0.143. The van der Waals surface area contributed by atoms with Crippen molar-refractivity contribution in [3.05, 3.63) is 68.5 Å². The standard InChI is InChI=1S/C14H10BrClFNO3/c15-7-10-11(16)2-1-3-14(10)21-8-9-4-5-13(18(19)20)12(17)6-9/h1-6H,7-8H2. The first kappa shape index (κ1) is 15.7. The molecule has 2 aromatic carbocycles. The van der Waals surface area contributed by atoms with E-state index < -0.39 is 16.4 Å². The van der Waals surface area contributed by atoms with Crippen molar-refractivity contribution in [2.45, 2.75) is 11.9 Å². The lowest BCUT2D eigenvalue weighted by atomic mass is 10.2. The fourth-order valence-electron chi connectivity index (χ4n) is 1.75. The summed E-state index contributed by atoms with van der Waals surface area (Å²) in [7, 11) is 0. The zero-order valence-corrected chi connectivity index (χ0v) is 13.0. The molecule has 0 fully saturated rings. The Bertz CT molecular complexity index is 681. The van der Waals surface area contributed by atoms with E-state index >= 15 is 0 Å². The van der Waals surface area contributed by atoms with Crippen LogP contribution < -0.4 is 4.74 Å². The normalized spacial score (nSPS) is 10.4. The van der Waals surface area contributed by atoms with Crippen LogP contribution >= 0.6 is 27.5 Å². The molecule has 0 radical (unpaired) electrons. The number of halogens is 3. The Labute approximate surface area is 133 Å². The van der Waals surface area contributed by atoms with Gasteiger partial charge in [0.25, 0.3) is 0 Å². The molecule has 0 amide bonds. The summed E-state index contributed by atoms with van der Waals surface area (Å²) in [5.74, 6) is -0.300. The van der Waals surface area contributed by atoms with Gasteiger partial charge in [0.15, 0.2) is 0 Å². The van der Waals surface area contributed by atoms with Gasteiger partial charge in [-0.05, 0) is 29.8 Å². The summed E-state index contributed by atoms with van der Waals surface area (Å²) in [5, 5.41) is 11.6. The van der Waals surface area contributed by atoms with Crippen LogP contribution in [0.5, 0.6) is 5.75 Å². The fourth-order valence-corrected chi connectivity index (χ4v) is 2.73. The first-order valence-electron chi connectivity index (χ1n) is 5.92. The minimum Gasteiger partial charge on any atom is -0.489 e. The van der Waals surface area contributed by atoms with Crippen molar-refractivity contribution >= 4 is 33.2 Å². The molecule has 0 aromatic heterocycles. The Balaban J connectivity index is 2.15. The van der Waals surface area contributed by atoms with Crippen LogP contribution in [0.2, 0.25) is 5.02 Å². The second-order valence-corrected chi connectivity index (χ2v) is 5.15. The van der Waals surface area contributed by atoms with Gasteiger partial charge in [0.05, 0.1) is 4.92 Å². The zero-order chi connectivity index (χ0) is 15.4. The van der Waals surface area contributed by atoms with Gasteiger partial charge in [0.1, 0.15) is 12.4 Å². The van der Waals surface area contributed by atoms with Crippen LogP contribution in [-0.4, -0.2) is 4.92 Å². The highest BCUT2D eigenvalue weighted by Gasteiger charge is 2.14. The largest absolute Gasteiger partial charge is 0.489 e. The molecule has 0 heterocycles. The predicted octanol–water partition coefficient (Wildman–Crippen LogP) is 4.86. The third-order valence-electron chi connectivity index (χ3n) is 2.81. The van der Waals surface area contributed by atoms with E-state index in [1.165, 1.54) is 6.07 Å². The van der Waals surface area contributed by atoms with Crippen LogP contribution in [0.3, 0.4) is 0 Å². The Morgan fingerprint density at radius 2 is 2.10 bits per heavy atom. The summed E-state index contributed by atoms with van der Waals surface area (Å²) in [4.78, 5) is 9.78. The number of hydrogen-bond donors (Lipinski definition) is 0. The van der Waals surface area contributed by atoms with Gasteiger partial charge >= 0.3 is 5.69 Å². The molecule has 7 heteroatoms. The summed E-state index contributed by atoms with van der Waals surface area (Å²) < 4.78 is 19.1. The number of hydrogen-bond acceptors (Lipinski definition) is 3. The van der Waals surface area contributed by atoms with Crippen molar-refractivity contribution in [1.82, 2.24) is 0 Å². The maximum absolute atomic E-state index is 13.5. The van der Waals surface area contributed by atoms with Crippen molar-refractivity contribution in [2.75, 3.05) is 0 Å². The predicted molar refractivity (Wildman–Crippen MR) is 81.5 cm³/mol. The van der Waals surface area contributed by atoms with Gasteiger partial charge in [0, 0.05) is 22.0 Å². The van der Waals surface area contributed by atoms with Crippen molar-refractivity contribution < 1.29 is 14.1 Å². The average molecular weight is 375 g/mol. The summed E-state index contributed by atoms with van der Waals surface area (Å²) in [6, 6.07) is 8.93. The highest BCUT2D eigenvalue weighted by atomic mass is 79.9. The monoisotopic (exact) mass is 373 g/mol. The second-order valence-electron chi connectivity index (χ2n) is 4.18. The van der Waals surface area contributed by atoms with Crippen LogP contribution in [0.4, 0.5) is 10.1 Å². The molecule has 2 rings (SSSR count). The number of nitro benzene ring substituents is 1. The van der Waals surface area contributed by atoms with Crippen LogP contribution in [0.1, 0.15) is 11.1 Å². The van der Waals surface area contributed by atoms with Gasteiger partial charge in [-0.15, -0.1) is 0 Å². The average Bonchev–Trinajstić information content (AvgIpc) is 2.44. The summed E-state index contributed by atoms with van der Waals surface area (Å²) in [5.41, 5.74) is 0.739. The third kappa shape index (κ3) is 3.71. The van der Waals surface area contributed by atoms with Crippen molar-refractivity contribution in [3.8, 4) is 5.75 Å². The number of nitrogens with zero attached hydrogens (tertiary/aromatic N) is 1. The van der Waals surface area contributed by atoms with E-state index in [4.69, 9.17) is 16.3 Å². The number of alkyl halides is 1. The van der Waals surface area contributed by atoms with E-state index in [9.17, 15) is 14.5 Å². The van der Waals surface area contributed by atoms with Gasteiger partial charge in [-0.1, -0.05) is 33.6 Å². The third-order valence-corrected chi connectivity index (χ3v) is 3.73. The molecule has 0 saturated heterocycles. The van der Waals surface area contributed by atoms with Crippen molar-refractivity contribution in [1.29, 1.82) is 0 Å². The Morgan fingerprint density at radius 3 is 2.71 bits per heavy atom. The number of rotatable bonds is 5. The smallest absolute Gasteiger partial charge is 0.304 e. The van der Waals surface area contributed by atoms with Crippen molar-refractivity contribution in [3.63, 3.8) is 0 Å². The lowest BCUT2D eigenvalue weighted by Crippen LogP contribution is -2.00. The van der Waals surface area contributed by atoms with Gasteiger partial charge in [-0.3, -0.25) is 10.1 Å². The van der Waals surface area contributed by atoms with Gasteiger partial charge < -0.3 is 4.74 Å². The molecule has 0 aliphatic carbocycles. The lowest BCUT2D eigenvalue weighted by Gasteiger charge is -2.11. The van der Waals surface area contributed by atoms with Crippen LogP contribution in [0.15, 0.2) is 36.4 Å². The van der Waals surface area contributed by atoms with E-state index in [1.807, 2.05) is 0 Å². The van der Waals surface area contributed by atoms with Gasteiger partial charge in [-0.2, -0.15) is 4.39 Å². The van der Waals surface area contributed by atoms with Gasteiger partial charge in [-0.25, -0.2) is 0 Å². The van der Waals surface area contributed by atoms with Crippen LogP contribution in [0.25, 0.3) is 0 Å². The molecule has 110 valence electrons. The maximum atomic E-state index is 13.5. The molecule has 0 atom stereocenters. The summed E-state index contributed by atoms with van der Waals surface area (Å²) in [6.45, 7) is 0.0925.